The van der Waals surface area contributed by atoms with Gasteiger partial charge in [-0.25, -0.2) is 0 Å². The average Bonchev–Trinajstić information content (AvgIpc) is 2.17. The van der Waals surface area contributed by atoms with Crippen LogP contribution in [0, 0.1) is 24.0 Å². The second-order valence-electron chi connectivity index (χ2n) is 2.74. The van der Waals surface area contributed by atoms with Gasteiger partial charge in [-0.3, -0.25) is 4.98 Å². The van der Waals surface area contributed by atoms with Crippen LogP contribution in [0.4, 0.5) is 0 Å². The molecule has 0 unspecified atom stereocenters. The molecule has 0 aliphatic carbocycles. The van der Waals surface area contributed by atoms with Crippen molar-refractivity contribution in [2.45, 2.75) is 13.3 Å². The topological polar surface area (TPSA) is 30.0 Å². The minimum atomic E-state index is 0.103. The Balaban J connectivity index is 2.62. The number of aldehydes is 1. The van der Waals surface area contributed by atoms with Crippen molar-refractivity contribution in [3.05, 3.63) is 30.1 Å². The highest BCUT2D eigenvalue weighted by Crippen LogP contribution is 1.97. The van der Waals surface area contributed by atoms with Gasteiger partial charge in [0.05, 0.1) is 5.56 Å². The zero-order valence-corrected chi connectivity index (χ0v) is 7.45. The Labute approximate surface area is 78.0 Å². The lowest BCUT2D eigenvalue weighted by Crippen LogP contribution is -1.90. The van der Waals surface area contributed by atoms with Crippen LogP contribution in [0.25, 0.3) is 0 Å². The molecule has 2 heteroatoms. The molecule has 0 N–H and O–H groups in total. The predicted molar refractivity (Wildman–Crippen MR) is 49.8 cm³/mol. The molecular formula is C11H10NO. The first kappa shape index (κ1) is 9.47. The average molecular weight is 172 g/mol. The van der Waals surface area contributed by atoms with Crippen LogP contribution >= 0.6 is 0 Å². The second kappa shape index (κ2) is 5.10. The molecule has 1 aromatic heterocycles. The van der Waals surface area contributed by atoms with Crippen LogP contribution in [-0.4, -0.2) is 11.3 Å². The van der Waals surface area contributed by atoms with Gasteiger partial charge >= 0.3 is 0 Å². The van der Waals surface area contributed by atoms with E-state index in [0.29, 0.717) is 6.42 Å². The van der Waals surface area contributed by atoms with Crippen LogP contribution < -0.4 is 0 Å². The molecule has 1 rings (SSSR count). The number of rotatable bonds is 2. The van der Waals surface area contributed by atoms with Crippen LogP contribution in [0.3, 0.4) is 0 Å². The lowest BCUT2D eigenvalue weighted by Gasteiger charge is -1.93. The van der Waals surface area contributed by atoms with Crippen LogP contribution in [0.2, 0.25) is 0 Å². The summed E-state index contributed by atoms with van der Waals surface area (Å²) in [4.78, 5) is 14.0. The molecule has 65 valence electrons. The highest BCUT2D eigenvalue weighted by atomic mass is 16.1. The number of nitrogens with zero attached hydrogens (tertiary/aromatic N) is 1. The standard InChI is InChI=1S/C11H10NO/c1-10(6-8-13)4-5-11-3-2-7-12-9-11/h2-3,7-8,10H,6H2,1H3/t10-/m1/s1. The van der Waals surface area contributed by atoms with E-state index >= 15 is 0 Å². The Kier molecular flexibility index (Phi) is 3.72. The maximum atomic E-state index is 10.1. The fourth-order valence-electron chi connectivity index (χ4n) is 0.800. The first-order chi connectivity index (χ1) is 6.33. The lowest BCUT2D eigenvalue weighted by molar-refractivity contribution is -0.108. The summed E-state index contributed by atoms with van der Waals surface area (Å²) in [5.74, 6) is 5.95. The molecule has 0 aliphatic heterocycles. The van der Waals surface area contributed by atoms with E-state index in [1.54, 1.807) is 6.20 Å². The minimum absolute atomic E-state index is 0.103. The van der Waals surface area contributed by atoms with Gasteiger partial charge in [0, 0.05) is 18.5 Å². The zero-order valence-electron chi connectivity index (χ0n) is 7.45. The molecule has 0 saturated heterocycles. The first-order valence-electron chi connectivity index (χ1n) is 4.11. The summed E-state index contributed by atoms with van der Waals surface area (Å²) >= 11 is 0. The molecule has 1 aromatic rings. The molecule has 1 heterocycles. The molecule has 0 aromatic carbocycles. The third kappa shape index (κ3) is 3.53. The zero-order chi connectivity index (χ0) is 9.52. The fourth-order valence-corrected chi connectivity index (χ4v) is 0.800. The van der Waals surface area contributed by atoms with Gasteiger partial charge in [0.1, 0.15) is 12.5 Å². The minimum Gasteiger partial charge on any atom is -0.303 e. The molecule has 0 bridgehead atoms. The third-order valence-electron chi connectivity index (χ3n) is 1.51. The van der Waals surface area contributed by atoms with E-state index in [9.17, 15) is 4.79 Å². The van der Waals surface area contributed by atoms with E-state index in [-0.39, 0.29) is 5.92 Å². The molecule has 0 saturated carbocycles. The van der Waals surface area contributed by atoms with Crippen LogP contribution in [0.1, 0.15) is 18.9 Å². The second-order valence-corrected chi connectivity index (χ2v) is 2.74. The summed E-state index contributed by atoms with van der Waals surface area (Å²) in [7, 11) is 0. The molecule has 13 heavy (non-hydrogen) atoms. The Morgan fingerprint density at radius 3 is 3.23 bits per heavy atom. The van der Waals surface area contributed by atoms with Gasteiger partial charge in [0.2, 0.25) is 0 Å². The number of hydrogen-bond acceptors (Lipinski definition) is 2. The van der Waals surface area contributed by atoms with Crippen molar-refractivity contribution in [1.29, 1.82) is 0 Å². The molecule has 1 radical (unpaired) electrons. The lowest BCUT2D eigenvalue weighted by atomic mass is 10.1. The van der Waals surface area contributed by atoms with Gasteiger partial charge in [-0.15, -0.1) is 0 Å². The smallest absolute Gasteiger partial charge is 0.121 e. The molecule has 0 amide bonds. The monoisotopic (exact) mass is 172 g/mol. The van der Waals surface area contributed by atoms with E-state index in [0.717, 1.165) is 11.8 Å². The molecule has 1 atom stereocenters. The number of carbonyl (C=O) groups excluding carboxylic acids is 1. The van der Waals surface area contributed by atoms with Crippen molar-refractivity contribution in [2.75, 3.05) is 0 Å². The van der Waals surface area contributed by atoms with Gasteiger partial charge in [-0.05, 0) is 12.1 Å². The van der Waals surface area contributed by atoms with Gasteiger partial charge in [-0.2, -0.15) is 0 Å². The van der Waals surface area contributed by atoms with E-state index in [1.807, 2.05) is 19.1 Å². The third-order valence-corrected chi connectivity index (χ3v) is 1.51. The number of aromatic nitrogens is 1. The van der Waals surface area contributed by atoms with Crippen molar-refractivity contribution in [2.24, 2.45) is 5.92 Å². The summed E-state index contributed by atoms with van der Waals surface area (Å²) in [6, 6.07) is 3.65. The van der Waals surface area contributed by atoms with Gasteiger partial charge in [0.25, 0.3) is 0 Å². The van der Waals surface area contributed by atoms with Crippen molar-refractivity contribution < 1.29 is 4.79 Å². The number of carbonyl (C=O) groups is 1. The number of pyridine rings is 1. The quantitative estimate of drug-likeness (QED) is 0.499. The van der Waals surface area contributed by atoms with E-state index in [2.05, 4.69) is 23.0 Å². The maximum absolute atomic E-state index is 10.1. The molecular weight excluding hydrogens is 162 g/mol. The summed E-state index contributed by atoms with van der Waals surface area (Å²) in [6.45, 7) is 1.91. The van der Waals surface area contributed by atoms with Crippen LogP contribution in [-0.2, 0) is 4.79 Å². The highest BCUT2D eigenvalue weighted by Gasteiger charge is 1.93. The molecule has 2 nitrogen and oxygen atoms in total. The molecule has 0 aliphatic rings. The SMILES string of the molecule is C[C@H](C#Cc1[c]nccc1)CC=O. The molecule has 0 spiro atoms. The normalized spacial score (nSPS) is 11.2. The van der Waals surface area contributed by atoms with Crippen molar-refractivity contribution in [3.8, 4) is 11.8 Å². The van der Waals surface area contributed by atoms with Gasteiger partial charge < -0.3 is 4.79 Å². The van der Waals surface area contributed by atoms with E-state index in [4.69, 9.17) is 0 Å². The van der Waals surface area contributed by atoms with Crippen molar-refractivity contribution in [3.63, 3.8) is 0 Å². The first-order valence-corrected chi connectivity index (χ1v) is 4.11. The van der Waals surface area contributed by atoms with Crippen molar-refractivity contribution >= 4 is 6.29 Å². The van der Waals surface area contributed by atoms with Crippen LogP contribution in [0.5, 0.6) is 0 Å². The number of hydrogen-bond donors (Lipinski definition) is 0. The Bertz CT molecular complexity index is 321. The Morgan fingerprint density at radius 1 is 1.77 bits per heavy atom. The van der Waals surface area contributed by atoms with E-state index in [1.165, 1.54) is 0 Å². The van der Waals surface area contributed by atoms with E-state index < -0.39 is 0 Å². The summed E-state index contributed by atoms with van der Waals surface area (Å²) in [5.41, 5.74) is 0.764. The summed E-state index contributed by atoms with van der Waals surface area (Å²) in [5, 5.41) is 0. The molecule has 0 fully saturated rings. The van der Waals surface area contributed by atoms with Gasteiger partial charge in [0.15, 0.2) is 0 Å². The fraction of sp³-hybridized carbons (Fsp3) is 0.273. The largest absolute Gasteiger partial charge is 0.303 e. The van der Waals surface area contributed by atoms with Crippen LogP contribution in [0.15, 0.2) is 18.3 Å². The Hall–Kier alpha value is -1.62. The Morgan fingerprint density at radius 2 is 2.62 bits per heavy atom. The summed E-state index contributed by atoms with van der Waals surface area (Å²) < 4.78 is 0. The summed E-state index contributed by atoms with van der Waals surface area (Å²) in [6.07, 6.45) is 5.77. The van der Waals surface area contributed by atoms with Gasteiger partial charge in [-0.1, -0.05) is 18.8 Å². The maximum Gasteiger partial charge on any atom is 0.121 e. The highest BCUT2D eigenvalue weighted by molar-refractivity contribution is 5.50. The predicted octanol–water partition coefficient (Wildman–Crippen LogP) is 1.46. The van der Waals surface area contributed by atoms with Crippen molar-refractivity contribution in [1.82, 2.24) is 4.98 Å².